The molecule has 0 fully saturated rings. The van der Waals surface area contributed by atoms with E-state index in [-0.39, 0.29) is 0 Å². The number of hydrogen-bond donors (Lipinski definition) is 2. The van der Waals surface area contributed by atoms with Crippen LogP contribution in [-0.2, 0) is 6.54 Å². The van der Waals surface area contributed by atoms with E-state index in [0.29, 0.717) is 12.5 Å². The molecule has 0 radical (unpaired) electrons. The maximum atomic E-state index is 5.82. The number of benzene rings is 1. The lowest BCUT2D eigenvalue weighted by Gasteiger charge is -2.07. The van der Waals surface area contributed by atoms with Crippen molar-refractivity contribution in [2.75, 3.05) is 12.4 Å². The Labute approximate surface area is 110 Å². The quantitative estimate of drug-likeness (QED) is 0.657. The number of aliphatic imine (C=N–C) groups is 1. The second-order valence-electron chi connectivity index (χ2n) is 3.64. The Hall–Kier alpha value is -2.01. The van der Waals surface area contributed by atoms with Gasteiger partial charge in [-0.15, -0.1) is 11.3 Å². The van der Waals surface area contributed by atoms with E-state index in [1.165, 1.54) is 4.88 Å². The zero-order valence-corrected chi connectivity index (χ0v) is 10.9. The first-order chi connectivity index (χ1) is 8.78. The molecule has 2 aromatic rings. The van der Waals surface area contributed by atoms with Crippen LogP contribution in [0.1, 0.15) is 4.88 Å². The summed E-state index contributed by atoms with van der Waals surface area (Å²) in [5.41, 5.74) is 6.68. The molecule has 0 amide bonds. The number of nitrogens with zero attached hydrogens (tertiary/aromatic N) is 1. The highest BCUT2D eigenvalue weighted by Gasteiger charge is 1.98. The standard InChI is InChI=1S/C13H15N3OS/c1-17-11-5-2-4-10(8-11)16-13(14)15-9-12-6-3-7-18-12/h2-8H,9H2,1H3,(H3,14,15,16). The van der Waals surface area contributed by atoms with E-state index >= 15 is 0 Å². The minimum absolute atomic E-state index is 0.400. The van der Waals surface area contributed by atoms with Crippen molar-refractivity contribution in [2.45, 2.75) is 6.54 Å². The number of anilines is 1. The summed E-state index contributed by atoms with van der Waals surface area (Å²) in [6.07, 6.45) is 0. The van der Waals surface area contributed by atoms with Gasteiger partial charge in [-0.2, -0.15) is 0 Å². The third-order valence-corrected chi connectivity index (χ3v) is 3.19. The maximum absolute atomic E-state index is 5.82. The van der Waals surface area contributed by atoms with Crippen LogP contribution in [-0.4, -0.2) is 13.1 Å². The Balaban J connectivity index is 1.97. The highest BCUT2D eigenvalue weighted by molar-refractivity contribution is 7.09. The first-order valence-corrected chi connectivity index (χ1v) is 6.39. The summed E-state index contributed by atoms with van der Waals surface area (Å²) in [4.78, 5) is 5.46. The predicted molar refractivity (Wildman–Crippen MR) is 76.3 cm³/mol. The zero-order chi connectivity index (χ0) is 12.8. The predicted octanol–water partition coefficient (Wildman–Crippen LogP) is 2.68. The van der Waals surface area contributed by atoms with Gasteiger partial charge < -0.3 is 15.8 Å². The minimum Gasteiger partial charge on any atom is -0.497 e. The minimum atomic E-state index is 0.400. The van der Waals surface area contributed by atoms with Crippen LogP contribution in [0.5, 0.6) is 5.75 Å². The van der Waals surface area contributed by atoms with Crippen molar-refractivity contribution in [3.05, 3.63) is 46.7 Å². The molecule has 0 saturated heterocycles. The van der Waals surface area contributed by atoms with Gasteiger partial charge in [0, 0.05) is 16.6 Å². The molecule has 0 spiro atoms. The van der Waals surface area contributed by atoms with Gasteiger partial charge in [-0.25, -0.2) is 4.99 Å². The summed E-state index contributed by atoms with van der Waals surface area (Å²) in [6.45, 7) is 0.598. The van der Waals surface area contributed by atoms with Gasteiger partial charge in [0.05, 0.1) is 13.7 Å². The van der Waals surface area contributed by atoms with Crippen molar-refractivity contribution in [1.29, 1.82) is 0 Å². The van der Waals surface area contributed by atoms with Crippen molar-refractivity contribution in [3.8, 4) is 5.75 Å². The average molecular weight is 261 g/mol. The summed E-state index contributed by atoms with van der Waals surface area (Å²) >= 11 is 1.67. The molecule has 0 atom stereocenters. The average Bonchev–Trinajstić information content (AvgIpc) is 2.90. The van der Waals surface area contributed by atoms with E-state index in [2.05, 4.69) is 10.3 Å². The van der Waals surface area contributed by atoms with Gasteiger partial charge in [-0.1, -0.05) is 12.1 Å². The molecule has 0 aliphatic heterocycles. The lowest BCUT2D eigenvalue weighted by molar-refractivity contribution is 0.415. The number of rotatable bonds is 4. The molecule has 18 heavy (non-hydrogen) atoms. The molecular weight excluding hydrogens is 246 g/mol. The van der Waals surface area contributed by atoms with E-state index in [0.717, 1.165) is 11.4 Å². The van der Waals surface area contributed by atoms with Gasteiger partial charge in [-0.05, 0) is 23.6 Å². The summed E-state index contributed by atoms with van der Waals surface area (Å²) in [5, 5.41) is 5.06. The SMILES string of the molecule is COc1cccc(NC(N)=NCc2cccs2)c1. The summed E-state index contributed by atoms with van der Waals surface area (Å²) in [5.74, 6) is 1.18. The number of hydrogen-bond acceptors (Lipinski definition) is 3. The molecule has 5 heteroatoms. The van der Waals surface area contributed by atoms with Gasteiger partial charge in [0.1, 0.15) is 5.75 Å². The lowest BCUT2D eigenvalue weighted by atomic mass is 10.3. The fourth-order valence-electron chi connectivity index (χ4n) is 1.45. The van der Waals surface area contributed by atoms with E-state index < -0.39 is 0 Å². The van der Waals surface area contributed by atoms with Gasteiger partial charge in [-0.3, -0.25) is 0 Å². The maximum Gasteiger partial charge on any atom is 0.193 e. The summed E-state index contributed by atoms with van der Waals surface area (Å²) in [6, 6.07) is 11.6. The van der Waals surface area contributed by atoms with E-state index in [9.17, 15) is 0 Å². The van der Waals surface area contributed by atoms with Crippen LogP contribution in [0.3, 0.4) is 0 Å². The number of guanidine groups is 1. The van der Waals surface area contributed by atoms with E-state index in [1.807, 2.05) is 41.8 Å². The molecule has 1 aromatic heterocycles. The Morgan fingerprint density at radius 2 is 2.28 bits per heavy atom. The Morgan fingerprint density at radius 3 is 3.00 bits per heavy atom. The van der Waals surface area contributed by atoms with E-state index in [4.69, 9.17) is 10.5 Å². The monoisotopic (exact) mass is 261 g/mol. The lowest BCUT2D eigenvalue weighted by Crippen LogP contribution is -2.22. The summed E-state index contributed by atoms with van der Waals surface area (Å²) in [7, 11) is 1.63. The molecular formula is C13H15N3OS. The van der Waals surface area contributed by atoms with Crippen molar-refractivity contribution in [2.24, 2.45) is 10.7 Å². The number of methoxy groups -OCH3 is 1. The smallest absolute Gasteiger partial charge is 0.193 e. The van der Waals surface area contributed by atoms with Crippen molar-refractivity contribution < 1.29 is 4.74 Å². The Morgan fingerprint density at radius 1 is 1.39 bits per heavy atom. The van der Waals surface area contributed by atoms with Gasteiger partial charge in [0.15, 0.2) is 5.96 Å². The third kappa shape index (κ3) is 3.49. The number of ether oxygens (including phenoxy) is 1. The first kappa shape index (κ1) is 12.4. The largest absolute Gasteiger partial charge is 0.497 e. The fourth-order valence-corrected chi connectivity index (χ4v) is 2.08. The molecule has 3 N–H and O–H groups in total. The molecule has 0 saturated carbocycles. The molecule has 1 aromatic carbocycles. The zero-order valence-electron chi connectivity index (χ0n) is 10.1. The van der Waals surface area contributed by atoms with Gasteiger partial charge in [0.2, 0.25) is 0 Å². The number of thiophene rings is 1. The molecule has 0 bridgehead atoms. The molecule has 2 rings (SSSR count). The Bertz CT molecular complexity index is 523. The van der Waals surface area contributed by atoms with Crippen molar-refractivity contribution in [3.63, 3.8) is 0 Å². The summed E-state index contributed by atoms with van der Waals surface area (Å²) < 4.78 is 5.14. The van der Waals surface area contributed by atoms with E-state index in [1.54, 1.807) is 18.4 Å². The second-order valence-corrected chi connectivity index (χ2v) is 4.67. The third-order valence-electron chi connectivity index (χ3n) is 2.33. The highest BCUT2D eigenvalue weighted by Crippen LogP contribution is 2.16. The molecule has 0 aliphatic carbocycles. The van der Waals surface area contributed by atoms with Crippen LogP contribution < -0.4 is 15.8 Å². The van der Waals surface area contributed by atoms with Gasteiger partial charge >= 0.3 is 0 Å². The van der Waals surface area contributed by atoms with Crippen LogP contribution in [0.4, 0.5) is 5.69 Å². The van der Waals surface area contributed by atoms with Crippen LogP contribution in [0.25, 0.3) is 0 Å². The molecule has 94 valence electrons. The molecule has 0 unspecified atom stereocenters. The fraction of sp³-hybridized carbons (Fsp3) is 0.154. The van der Waals surface area contributed by atoms with Crippen LogP contribution in [0, 0.1) is 0 Å². The molecule has 1 heterocycles. The normalized spacial score (nSPS) is 11.3. The topological polar surface area (TPSA) is 59.6 Å². The van der Waals surface area contributed by atoms with Gasteiger partial charge in [0.25, 0.3) is 0 Å². The molecule has 0 aliphatic rings. The molecule has 4 nitrogen and oxygen atoms in total. The highest BCUT2D eigenvalue weighted by atomic mass is 32.1. The Kier molecular flexibility index (Phi) is 4.20. The first-order valence-electron chi connectivity index (χ1n) is 5.51. The number of nitrogens with two attached hydrogens (primary N) is 1. The van der Waals surface area contributed by atoms with Crippen molar-refractivity contribution >= 4 is 23.0 Å². The van der Waals surface area contributed by atoms with Crippen LogP contribution in [0.15, 0.2) is 46.8 Å². The number of nitrogens with one attached hydrogen (secondary N) is 1. The second kappa shape index (κ2) is 6.07. The van der Waals surface area contributed by atoms with Crippen LogP contribution in [0.2, 0.25) is 0 Å². The van der Waals surface area contributed by atoms with Crippen LogP contribution >= 0.6 is 11.3 Å². The van der Waals surface area contributed by atoms with Crippen molar-refractivity contribution in [1.82, 2.24) is 0 Å².